The summed E-state index contributed by atoms with van der Waals surface area (Å²) in [5, 5.41) is 2.42. The fourth-order valence-corrected chi connectivity index (χ4v) is 0.483. The lowest BCUT2D eigenvalue weighted by Crippen LogP contribution is -2.27. The Morgan fingerprint density at radius 2 is 2.30 bits per heavy atom. The van der Waals surface area contributed by atoms with Gasteiger partial charge in [-0.15, -0.1) is 4.91 Å². The number of hydrogen-bond acceptors (Lipinski definition) is 3. The molecular weight excluding hydrogens is 134 g/mol. The summed E-state index contributed by atoms with van der Waals surface area (Å²) in [6, 6.07) is 0. The molecule has 0 amide bonds. The van der Waals surface area contributed by atoms with Crippen molar-refractivity contribution < 1.29 is 4.87 Å². The predicted molar refractivity (Wildman–Crippen MR) is 37.2 cm³/mol. The molecule has 0 aliphatic heterocycles. The van der Waals surface area contributed by atoms with Gasteiger partial charge in [0.1, 0.15) is 4.87 Å². The van der Waals surface area contributed by atoms with Crippen molar-refractivity contribution in [2.24, 2.45) is 5.18 Å². The molecule has 0 atom stereocenters. The van der Waals surface area contributed by atoms with Crippen LogP contribution in [-0.2, 0) is 0 Å². The lowest BCUT2D eigenvalue weighted by atomic mass is 10.3. The summed E-state index contributed by atoms with van der Waals surface area (Å²) in [4.78, 5) is 20.4. The van der Waals surface area contributed by atoms with Crippen LogP contribution in [0, 0.1) is 9.81 Å². The molecular formula is C5H12N3O2+. The molecule has 0 bridgehead atoms. The number of rotatable bonds is 6. The summed E-state index contributed by atoms with van der Waals surface area (Å²) in [5.41, 5.74) is 2.47. The molecule has 0 aromatic heterocycles. The Morgan fingerprint density at radius 1 is 1.60 bits per heavy atom. The standard InChI is InChI=1S/C5H12N3O2/c1-2-3-4-6-8(10)5-7-9/h2-5H2,1H3,(H,6,10)/q+1. The van der Waals surface area contributed by atoms with Crippen LogP contribution in [0.1, 0.15) is 19.8 Å². The maximum absolute atomic E-state index is 10.4. The van der Waals surface area contributed by atoms with Crippen molar-refractivity contribution in [2.75, 3.05) is 13.2 Å². The minimum atomic E-state index is -0.344. The van der Waals surface area contributed by atoms with Gasteiger partial charge in [-0.2, -0.15) is 5.43 Å². The Kier molecular flexibility index (Phi) is 5.51. The monoisotopic (exact) mass is 146 g/mol. The highest BCUT2D eigenvalue weighted by Gasteiger charge is 2.03. The van der Waals surface area contributed by atoms with E-state index in [4.69, 9.17) is 0 Å². The van der Waals surface area contributed by atoms with E-state index >= 15 is 0 Å². The Balaban J connectivity index is 3.13. The highest BCUT2D eigenvalue weighted by Crippen LogP contribution is 1.81. The van der Waals surface area contributed by atoms with E-state index in [1.54, 1.807) is 0 Å². The average molecular weight is 146 g/mol. The molecule has 5 heteroatoms. The van der Waals surface area contributed by atoms with Gasteiger partial charge in [0, 0.05) is 5.18 Å². The average Bonchev–Trinajstić information content (AvgIpc) is 1.89. The van der Waals surface area contributed by atoms with Crippen LogP contribution in [0.25, 0.3) is 0 Å². The molecule has 0 spiro atoms. The van der Waals surface area contributed by atoms with E-state index in [0.29, 0.717) is 11.4 Å². The van der Waals surface area contributed by atoms with Gasteiger partial charge in [0.2, 0.25) is 0 Å². The molecule has 0 unspecified atom stereocenters. The highest BCUT2D eigenvalue weighted by atomic mass is 16.3. The highest BCUT2D eigenvalue weighted by molar-refractivity contribution is 4.32. The van der Waals surface area contributed by atoms with Crippen LogP contribution in [0.5, 0.6) is 0 Å². The molecule has 58 valence electrons. The van der Waals surface area contributed by atoms with Crippen molar-refractivity contribution in [3.05, 3.63) is 9.81 Å². The Morgan fingerprint density at radius 3 is 2.80 bits per heavy atom. The third kappa shape index (κ3) is 5.14. The van der Waals surface area contributed by atoms with E-state index in [0.717, 1.165) is 12.8 Å². The zero-order valence-corrected chi connectivity index (χ0v) is 6.04. The molecule has 0 rings (SSSR count). The molecule has 0 heterocycles. The van der Waals surface area contributed by atoms with E-state index < -0.39 is 0 Å². The molecule has 0 fully saturated rings. The number of nitrogens with zero attached hydrogens (tertiary/aromatic N) is 2. The van der Waals surface area contributed by atoms with E-state index in [9.17, 15) is 9.81 Å². The van der Waals surface area contributed by atoms with E-state index in [-0.39, 0.29) is 6.67 Å². The van der Waals surface area contributed by atoms with E-state index in [1.807, 2.05) is 6.92 Å². The number of unbranched alkanes of at least 4 members (excludes halogenated alkanes) is 1. The van der Waals surface area contributed by atoms with Gasteiger partial charge in [-0.25, -0.2) is 0 Å². The fraction of sp³-hybridized carbons (Fsp3) is 1.00. The maximum Gasteiger partial charge on any atom is 0.352 e. The molecule has 0 aliphatic rings. The fourth-order valence-electron chi connectivity index (χ4n) is 0.483. The smallest absolute Gasteiger partial charge is 0.151 e. The molecule has 0 saturated heterocycles. The van der Waals surface area contributed by atoms with Crippen molar-refractivity contribution in [3.63, 3.8) is 0 Å². The summed E-state index contributed by atoms with van der Waals surface area (Å²) in [6.07, 6.45) is 1.95. The quantitative estimate of drug-likeness (QED) is 0.261. The Labute approximate surface area is 59.3 Å². The molecule has 0 saturated carbocycles. The molecule has 5 nitrogen and oxygen atoms in total. The molecule has 1 N–H and O–H groups in total. The van der Waals surface area contributed by atoms with Gasteiger partial charge in [0.25, 0.3) is 0 Å². The predicted octanol–water partition coefficient (Wildman–Crippen LogP) is 0.794. The molecule has 0 radical (unpaired) electrons. The van der Waals surface area contributed by atoms with Gasteiger partial charge in [0.15, 0.2) is 0 Å². The van der Waals surface area contributed by atoms with Crippen LogP contribution in [0.4, 0.5) is 0 Å². The zero-order valence-electron chi connectivity index (χ0n) is 6.04. The summed E-state index contributed by atoms with van der Waals surface area (Å²) in [7, 11) is 0. The van der Waals surface area contributed by atoms with E-state index in [2.05, 4.69) is 10.6 Å². The first-order valence-corrected chi connectivity index (χ1v) is 3.28. The second kappa shape index (κ2) is 6.12. The van der Waals surface area contributed by atoms with Crippen LogP contribution in [0.2, 0.25) is 0 Å². The van der Waals surface area contributed by atoms with Gasteiger partial charge in [0.05, 0.1) is 11.5 Å². The van der Waals surface area contributed by atoms with Gasteiger partial charge >= 0.3 is 6.67 Å². The lowest BCUT2D eigenvalue weighted by molar-refractivity contribution is -0.605. The number of hydrogen-bond donors (Lipinski definition) is 1. The summed E-state index contributed by atoms with van der Waals surface area (Å²) < 4.78 is 0. The zero-order chi connectivity index (χ0) is 7.82. The number of hydrazine groups is 1. The minimum Gasteiger partial charge on any atom is -0.151 e. The van der Waals surface area contributed by atoms with Crippen LogP contribution < -0.4 is 5.43 Å². The molecule has 0 aromatic carbocycles. The first-order chi connectivity index (χ1) is 4.81. The second-order valence-corrected chi connectivity index (χ2v) is 1.91. The van der Waals surface area contributed by atoms with Gasteiger partial charge in [-0.1, -0.05) is 13.3 Å². The summed E-state index contributed by atoms with van der Waals surface area (Å²) >= 11 is 0. The molecule has 0 aromatic rings. The van der Waals surface area contributed by atoms with Gasteiger partial charge in [-0.05, 0) is 6.42 Å². The van der Waals surface area contributed by atoms with Crippen LogP contribution in [0.3, 0.4) is 0 Å². The summed E-state index contributed by atoms with van der Waals surface area (Å²) in [5.74, 6) is 0. The topological polar surface area (TPSA) is 61.5 Å². The van der Waals surface area contributed by atoms with Crippen molar-refractivity contribution in [1.29, 1.82) is 0 Å². The van der Waals surface area contributed by atoms with Crippen molar-refractivity contribution in [1.82, 2.24) is 5.43 Å². The van der Waals surface area contributed by atoms with Gasteiger partial charge < -0.3 is 0 Å². The van der Waals surface area contributed by atoms with Crippen molar-refractivity contribution >= 4 is 0 Å². The second-order valence-electron chi connectivity index (χ2n) is 1.91. The summed E-state index contributed by atoms with van der Waals surface area (Å²) in [6.45, 7) is 2.29. The van der Waals surface area contributed by atoms with Crippen LogP contribution in [0.15, 0.2) is 5.18 Å². The lowest BCUT2D eigenvalue weighted by Gasteiger charge is -1.91. The Bertz CT molecular complexity index is 115. The van der Waals surface area contributed by atoms with Crippen LogP contribution >= 0.6 is 0 Å². The third-order valence-corrected chi connectivity index (χ3v) is 1.00. The normalized spacial score (nSPS) is 8.90. The Hall–Kier alpha value is -1.00. The van der Waals surface area contributed by atoms with Crippen molar-refractivity contribution in [2.45, 2.75) is 19.8 Å². The van der Waals surface area contributed by atoms with E-state index in [1.165, 1.54) is 0 Å². The van der Waals surface area contributed by atoms with Gasteiger partial charge in [-0.3, -0.25) is 0 Å². The first-order valence-electron chi connectivity index (χ1n) is 3.28. The minimum absolute atomic E-state index is 0.344. The number of nitrogens with one attached hydrogen (secondary N) is 1. The first kappa shape index (κ1) is 9.00. The maximum atomic E-state index is 10.4. The molecule has 0 aliphatic carbocycles. The van der Waals surface area contributed by atoms with Crippen molar-refractivity contribution in [3.8, 4) is 0 Å². The molecule has 10 heavy (non-hydrogen) atoms. The number of nitroso groups, excluding NO2 is 2. The SMILES string of the molecule is CCCCN[N+](=O)CN=O. The largest absolute Gasteiger partial charge is 0.352 e. The van der Waals surface area contributed by atoms with Crippen LogP contribution in [-0.4, -0.2) is 18.1 Å². The third-order valence-electron chi connectivity index (χ3n) is 1.00.